The summed E-state index contributed by atoms with van der Waals surface area (Å²) in [5.41, 5.74) is -2.22. The van der Waals surface area contributed by atoms with Crippen molar-refractivity contribution in [1.82, 2.24) is 4.72 Å². The van der Waals surface area contributed by atoms with E-state index in [9.17, 15) is 26.4 Å². The summed E-state index contributed by atoms with van der Waals surface area (Å²) in [6.07, 6.45) is -1.43. The van der Waals surface area contributed by atoms with E-state index in [0.29, 0.717) is 18.9 Å². The molecule has 1 spiro atoms. The number of alkyl halides is 3. The molecule has 0 radical (unpaired) electrons. The summed E-state index contributed by atoms with van der Waals surface area (Å²) in [5, 5.41) is -2.14. The molecule has 1 aromatic rings. The molecule has 24 heavy (non-hydrogen) atoms. The molecule has 2 fully saturated rings. The molecule has 1 aliphatic carbocycles. The number of carbonyl (C=O) groups excluding carboxylic acids is 1. The molecule has 1 unspecified atom stereocenters. The first-order valence-corrected chi connectivity index (χ1v) is 9.43. The van der Waals surface area contributed by atoms with Gasteiger partial charge in [0, 0.05) is 0 Å². The normalized spacial score (nSPS) is 26.0. The van der Waals surface area contributed by atoms with Crippen molar-refractivity contribution in [3.63, 3.8) is 0 Å². The predicted octanol–water partition coefficient (Wildman–Crippen LogP) is 3.60. The minimum Gasteiger partial charge on any atom is -0.296 e. The number of nitrogens with one attached hydrogen (secondary N) is 1. The summed E-state index contributed by atoms with van der Waals surface area (Å²) in [6.45, 7) is 0. The SMILES string of the molecule is O=C1C(c2ccc(C(F)(F)F)c(Cl)c2)S(=O)(=O)NC12CCCCC2. The molecule has 1 aliphatic heterocycles. The Morgan fingerprint density at radius 2 is 1.79 bits per heavy atom. The molecule has 9 heteroatoms. The van der Waals surface area contributed by atoms with Crippen molar-refractivity contribution >= 4 is 27.4 Å². The number of benzene rings is 1. The monoisotopic (exact) mass is 381 g/mol. The van der Waals surface area contributed by atoms with Crippen LogP contribution < -0.4 is 4.72 Å². The van der Waals surface area contributed by atoms with E-state index in [2.05, 4.69) is 4.72 Å². The first-order valence-electron chi connectivity index (χ1n) is 7.51. The van der Waals surface area contributed by atoms with Gasteiger partial charge in [0.1, 0.15) is 0 Å². The van der Waals surface area contributed by atoms with Gasteiger partial charge in [-0.3, -0.25) is 4.79 Å². The highest BCUT2D eigenvalue weighted by Crippen LogP contribution is 2.44. The second-order valence-electron chi connectivity index (χ2n) is 6.27. The van der Waals surface area contributed by atoms with E-state index in [4.69, 9.17) is 11.6 Å². The van der Waals surface area contributed by atoms with Gasteiger partial charge in [-0.05, 0) is 30.5 Å². The zero-order valence-electron chi connectivity index (χ0n) is 12.5. The van der Waals surface area contributed by atoms with Gasteiger partial charge in [-0.2, -0.15) is 13.2 Å². The summed E-state index contributed by atoms with van der Waals surface area (Å²) in [4.78, 5) is 12.8. The molecule has 132 valence electrons. The van der Waals surface area contributed by atoms with Crippen LogP contribution in [-0.4, -0.2) is 19.7 Å². The molecule has 1 N–H and O–H groups in total. The Hall–Kier alpha value is -1.12. The predicted molar refractivity (Wildman–Crippen MR) is 82.1 cm³/mol. The van der Waals surface area contributed by atoms with Gasteiger partial charge < -0.3 is 0 Å². The van der Waals surface area contributed by atoms with Gasteiger partial charge in [-0.25, -0.2) is 13.1 Å². The number of carbonyl (C=O) groups is 1. The highest BCUT2D eigenvalue weighted by Gasteiger charge is 2.56. The van der Waals surface area contributed by atoms with Crippen LogP contribution in [0.2, 0.25) is 5.02 Å². The zero-order valence-corrected chi connectivity index (χ0v) is 14.1. The number of halogens is 4. The second kappa shape index (κ2) is 5.71. The molecular formula is C15H15ClF3NO3S. The Labute approximate surface area is 142 Å². The summed E-state index contributed by atoms with van der Waals surface area (Å²) >= 11 is 5.66. The number of ketones is 1. The standard InChI is InChI=1S/C15H15ClF3NO3S/c16-11-8-9(4-5-10(11)15(17,18)19)12-13(21)14(20-24(12,22)23)6-2-1-3-7-14/h4-5,8,12,20H,1-3,6-7H2. The van der Waals surface area contributed by atoms with Gasteiger partial charge in [0.05, 0.1) is 16.1 Å². The Balaban J connectivity index is 2.03. The molecule has 1 saturated heterocycles. The third-order valence-corrected chi connectivity index (χ3v) is 6.76. The van der Waals surface area contributed by atoms with Crippen LogP contribution in [0.3, 0.4) is 0 Å². The maximum atomic E-state index is 12.8. The second-order valence-corrected chi connectivity index (χ2v) is 8.44. The highest BCUT2D eigenvalue weighted by atomic mass is 35.5. The van der Waals surface area contributed by atoms with Crippen molar-refractivity contribution in [3.05, 3.63) is 34.3 Å². The number of hydrogen-bond donors (Lipinski definition) is 1. The summed E-state index contributed by atoms with van der Waals surface area (Å²) < 4.78 is 65.7. The van der Waals surface area contributed by atoms with E-state index < -0.39 is 43.4 Å². The van der Waals surface area contributed by atoms with E-state index in [0.717, 1.165) is 31.4 Å². The van der Waals surface area contributed by atoms with Gasteiger partial charge >= 0.3 is 6.18 Å². The van der Waals surface area contributed by atoms with Crippen molar-refractivity contribution in [2.24, 2.45) is 0 Å². The molecule has 1 heterocycles. The smallest absolute Gasteiger partial charge is 0.296 e. The quantitative estimate of drug-likeness (QED) is 0.808. The van der Waals surface area contributed by atoms with Crippen LogP contribution >= 0.6 is 11.6 Å². The van der Waals surface area contributed by atoms with Crippen molar-refractivity contribution in [3.8, 4) is 0 Å². The molecule has 4 nitrogen and oxygen atoms in total. The van der Waals surface area contributed by atoms with Crippen LogP contribution in [0.5, 0.6) is 0 Å². The zero-order chi connectivity index (χ0) is 17.8. The van der Waals surface area contributed by atoms with Gasteiger partial charge in [0.2, 0.25) is 10.0 Å². The van der Waals surface area contributed by atoms with E-state index in [1.165, 1.54) is 0 Å². The molecule has 2 aliphatic rings. The number of Topliss-reactive ketones (excluding diaryl/α,β-unsaturated/α-hetero) is 1. The Bertz CT molecular complexity index is 786. The highest BCUT2D eigenvalue weighted by molar-refractivity contribution is 7.91. The molecule has 3 rings (SSSR count). The molecule has 1 aromatic carbocycles. The van der Waals surface area contributed by atoms with Gasteiger partial charge in [-0.1, -0.05) is 36.9 Å². The van der Waals surface area contributed by atoms with Crippen LogP contribution in [0.1, 0.15) is 48.5 Å². The fourth-order valence-electron chi connectivity index (χ4n) is 3.53. The Morgan fingerprint density at radius 1 is 1.17 bits per heavy atom. The van der Waals surface area contributed by atoms with E-state index in [-0.39, 0.29) is 5.56 Å². The topological polar surface area (TPSA) is 63.2 Å². The first-order chi connectivity index (χ1) is 11.1. The van der Waals surface area contributed by atoms with Crippen LogP contribution in [0.15, 0.2) is 18.2 Å². The largest absolute Gasteiger partial charge is 0.417 e. The molecule has 0 bridgehead atoms. The lowest BCUT2D eigenvalue weighted by atomic mass is 9.78. The Kier molecular flexibility index (Phi) is 4.21. The summed E-state index contributed by atoms with van der Waals surface area (Å²) in [6, 6.07) is 2.65. The first kappa shape index (κ1) is 17.7. The van der Waals surface area contributed by atoms with Crippen molar-refractivity contribution in [2.45, 2.75) is 49.1 Å². The van der Waals surface area contributed by atoms with Crippen LogP contribution in [0.25, 0.3) is 0 Å². The Morgan fingerprint density at radius 3 is 2.33 bits per heavy atom. The maximum Gasteiger partial charge on any atom is 0.417 e. The lowest BCUT2D eigenvalue weighted by molar-refractivity contribution is -0.137. The van der Waals surface area contributed by atoms with Gasteiger partial charge in [0.15, 0.2) is 11.0 Å². The third-order valence-electron chi connectivity index (χ3n) is 4.67. The third kappa shape index (κ3) is 2.84. The van der Waals surface area contributed by atoms with E-state index >= 15 is 0 Å². The van der Waals surface area contributed by atoms with E-state index in [1.54, 1.807) is 0 Å². The van der Waals surface area contributed by atoms with Crippen LogP contribution in [0.4, 0.5) is 13.2 Å². The minimum atomic E-state index is -4.64. The lowest BCUT2D eigenvalue weighted by Gasteiger charge is -2.30. The van der Waals surface area contributed by atoms with Crippen molar-refractivity contribution < 1.29 is 26.4 Å². The average molecular weight is 382 g/mol. The maximum absolute atomic E-state index is 12.8. The molecule has 1 atom stereocenters. The number of rotatable bonds is 1. The molecular weight excluding hydrogens is 367 g/mol. The number of sulfonamides is 1. The molecule has 0 amide bonds. The van der Waals surface area contributed by atoms with Gasteiger partial charge in [0.25, 0.3) is 0 Å². The fraction of sp³-hybridized carbons (Fsp3) is 0.533. The number of hydrogen-bond acceptors (Lipinski definition) is 3. The average Bonchev–Trinajstić information content (AvgIpc) is 2.64. The van der Waals surface area contributed by atoms with Crippen LogP contribution in [-0.2, 0) is 21.0 Å². The summed E-state index contributed by atoms with van der Waals surface area (Å²) in [5.74, 6) is -0.502. The van der Waals surface area contributed by atoms with Crippen molar-refractivity contribution in [1.29, 1.82) is 0 Å². The van der Waals surface area contributed by atoms with E-state index in [1.807, 2.05) is 0 Å². The van der Waals surface area contributed by atoms with Crippen LogP contribution in [0, 0.1) is 0 Å². The molecule has 0 aromatic heterocycles. The summed E-state index contributed by atoms with van der Waals surface area (Å²) in [7, 11) is -4.00. The van der Waals surface area contributed by atoms with Gasteiger partial charge in [-0.15, -0.1) is 0 Å². The fourth-order valence-corrected chi connectivity index (χ4v) is 5.81. The minimum absolute atomic E-state index is 0.0343. The molecule has 1 saturated carbocycles. The van der Waals surface area contributed by atoms with Crippen molar-refractivity contribution in [2.75, 3.05) is 0 Å². The lowest BCUT2D eigenvalue weighted by Crippen LogP contribution is -2.47.